The molecule has 0 heterocycles. The highest BCUT2D eigenvalue weighted by Gasteiger charge is 1.67. The highest BCUT2D eigenvalue weighted by molar-refractivity contribution is 7.79. The lowest BCUT2D eigenvalue weighted by atomic mass is 10.8. The Balaban J connectivity index is -0.0000000457. The van der Waals surface area contributed by atoms with Gasteiger partial charge in [0.05, 0.1) is 12.6 Å². The zero-order chi connectivity index (χ0) is 8.78. The summed E-state index contributed by atoms with van der Waals surface area (Å²) < 4.78 is 32.8. The third kappa shape index (κ3) is 419. The summed E-state index contributed by atoms with van der Waals surface area (Å²) in [7, 11) is -4.92. The van der Waals surface area contributed by atoms with Gasteiger partial charge >= 0.3 is 0 Å². The van der Waals surface area contributed by atoms with Gasteiger partial charge in [-0.25, -0.2) is 8.42 Å². The van der Waals surface area contributed by atoms with Gasteiger partial charge in [0.25, 0.3) is 0 Å². The van der Waals surface area contributed by atoms with Gasteiger partial charge in [-0.2, -0.15) is 0 Å². The van der Waals surface area contributed by atoms with Crippen molar-refractivity contribution < 1.29 is 32.5 Å². The van der Waals surface area contributed by atoms with E-state index >= 15 is 0 Å². The Kier molecular flexibility index (Phi) is 19.1. The van der Waals surface area contributed by atoms with Gasteiger partial charge in [-0.15, -0.1) is 0 Å². The first-order valence-corrected chi connectivity index (χ1v) is 3.13. The molecule has 12 heavy (non-hydrogen) atoms. The second-order valence-electron chi connectivity index (χ2n) is 0.958. The van der Waals surface area contributed by atoms with Crippen LogP contribution in [0, 0.1) is 0 Å². The van der Waals surface area contributed by atoms with E-state index in [4.69, 9.17) is 32.5 Å². The molecule has 10 heteroatoms. The predicted molar refractivity (Wildman–Crippen MR) is 36.4 cm³/mol. The number of hydrogen-bond donors (Lipinski definition) is 4. The van der Waals surface area contributed by atoms with Crippen molar-refractivity contribution in [1.82, 2.24) is 12.3 Å². The Morgan fingerprint density at radius 2 is 1.42 bits per heavy atom. The minimum atomic E-state index is -4.92. The Labute approximate surface area is 68.8 Å². The fourth-order valence-electron chi connectivity index (χ4n) is 0. The molecule has 0 aromatic carbocycles. The number of carbonyl (C=O) groups is 1. The lowest BCUT2D eigenvalue weighted by Gasteiger charge is -1.88. The molecule has 0 aliphatic carbocycles. The highest BCUT2D eigenvalue weighted by Crippen LogP contribution is 1.58. The van der Waals surface area contributed by atoms with Crippen molar-refractivity contribution in [3.05, 3.63) is 0 Å². The molecule has 0 amide bonds. The Morgan fingerprint density at radius 3 is 1.42 bits per heavy atom. The van der Waals surface area contributed by atoms with Gasteiger partial charge in [0.15, 0.2) is 0 Å². The van der Waals surface area contributed by atoms with Crippen molar-refractivity contribution in [3.63, 3.8) is 0 Å². The summed E-state index contributed by atoms with van der Waals surface area (Å²) in [6.07, 6.45) is 0. The summed E-state index contributed by atoms with van der Waals surface area (Å²) >= 11 is 0. The minimum absolute atomic E-state index is 0. The van der Waals surface area contributed by atoms with Gasteiger partial charge in [-0.3, -0.25) is 4.55 Å². The normalized spacial score (nSPS) is 7.92. The van der Waals surface area contributed by atoms with Crippen LogP contribution in [-0.2, 0) is 15.2 Å². The van der Waals surface area contributed by atoms with E-state index < -0.39 is 23.0 Å². The number of aliphatic hydroxyl groups is 1. The number of quaternary nitrogens is 2. The number of carboxylic acid groups (broad SMARTS) is 1. The maximum absolute atomic E-state index is 9.01. The molecule has 0 spiro atoms. The summed E-state index contributed by atoms with van der Waals surface area (Å²) in [5.74, 6) is -1.44. The van der Waals surface area contributed by atoms with E-state index in [1.54, 1.807) is 0 Å². The first-order valence-electron chi connectivity index (χ1n) is 1.76. The number of rotatable bonds is 1. The summed E-state index contributed by atoms with van der Waals surface area (Å²) in [5, 5.41) is 16.5. The zero-order valence-electron chi connectivity index (χ0n) is 6.55. The molecule has 0 saturated carbocycles. The summed E-state index contributed by atoms with van der Waals surface area (Å²) in [6.45, 7) is -0.889. The quantitative estimate of drug-likeness (QED) is 0.268. The van der Waals surface area contributed by atoms with Crippen LogP contribution in [0.3, 0.4) is 0 Å². The van der Waals surface area contributed by atoms with Crippen LogP contribution < -0.4 is 17.4 Å². The first kappa shape index (κ1) is 22.5. The van der Waals surface area contributed by atoms with Crippen molar-refractivity contribution >= 4 is 16.4 Å². The number of hydrogen-bond acceptors (Lipinski definition) is 6. The first-order chi connectivity index (χ1) is 4.27. The van der Waals surface area contributed by atoms with Crippen molar-refractivity contribution in [3.8, 4) is 0 Å². The Bertz CT molecular complexity index is 178. The maximum Gasteiger partial charge on any atom is 0.215 e. The maximum atomic E-state index is 9.01. The molecule has 0 aromatic heterocycles. The fraction of sp³-hybridized carbons (Fsp3) is 0.500. The van der Waals surface area contributed by atoms with Gasteiger partial charge in [-0.1, -0.05) is 0 Å². The molecule has 0 aromatic rings. The van der Waals surface area contributed by atoms with E-state index in [1.807, 2.05) is 0 Å². The Hall–Kier alpha value is -0.780. The van der Waals surface area contributed by atoms with Crippen LogP contribution in [0.5, 0.6) is 0 Å². The largest absolute Gasteiger partial charge is 0.726 e. The molecular formula is C2H12N2O7S. The molecule has 0 fully saturated rings. The van der Waals surface area contributed by atoms with Crippen LogP contribution >= 0.6 is 0 Å². The monoisotopic (exact) mass is 208 g/mol. The molecule has 0 unspecified atom stereocenters. The molecule has 0 bridgehead atoms. The van der Waals surface area contributed by atoms with Gasteiger partial charge in [0.2, 0.25) is 10.4 Å². The molecular weight excluding hydrogens is 196 g/mol. The molecule has 10 N–H and O–H groups in total. The minimum Gasteiger partial charge on any atom is -0.726 e. The van der Waals surface area contributed by atoms with Gasteiger partial charge in [0.1, 0.15) is 0 Å². The third-order valence-electron chi connectivity index (χ3n) is 0.129. The summed E-state index contributed by atoms with van der Waals surface area (Å²) in [5.41, 5.74) is 0. The van der Waals surface area contributed by atoms with Gasteiger partial charge < -0.3 is 31.9 Å². The molecule has 0 aliphatic rings. The van der Waals surface area contributed by atoms with E-state index in [2.05, 4.69) is 0 Å². The Morgan fingerprint density at radius 1 is 1.33 bits per heavy atom. The van der Waals surface area contributed by atoms with E-state index in [0.717, 1.165) is 0 Å². The standard InChI is InChI=1S/C2H4O3.2H3N.H2O4S/c3-1-2(4)5;;;1-5(2,3)4/h3H,1H2,(H,4,5);2*1H3;(H2,1,2,3,4). The van der Waals surface area contributed by atoms with E-state index in [9.17, 15) is 0 Å². The zero-order valence-corrected chi connectivity index (χ0v) is 7.37. The second-order valence-corrected chi connectivity index (χ2v) is 1.81. The van der Waals surface area contributed by atoms with Crippen LogP contribution in [0.15, 0.2) is 0 Å². The predicted octanol–water partition coefficient (Wildman–Crippen LogP) is -2.51. The molecule has 0 rings (SSSR count). The molecule has 0 aliphatic heterocycles. The lowest BCUT2D eigenvalue weighted by Crippen LogP contribution is -2.25. The fourth-order valence-corrected chi connectivity index (χ4v) is 0. The average Bonchev–Trinajstić information content (AvgIpc) is 1.61. The molecule has 9 nitrogen and oxygen atoms in total. The van der Waals surface area contributed by atoms with Crippen molar-refractivity contribution in [2.45, 2.75) is 0 Å². The number of carbonyl (C=O) groups excluding carboxylic acids is 1. The second kappa shape index (κ2) is 10.2. The lowest BCUT2D eigenvalue weighted by molar-refractivity contribution is -0.308. The molecule has 0 radical (unpaired) electrons. The SMILES string of the molecule is O=C([O-])CO.O=S(=O)([O-])O.[NH4+].[NH4+]. The molecule has 78 valence electrons. The van der Waals surface area contributed by atoms with Gasteiger partial charge in [-0.05, 0) is 0 Å². The van der Waals surface area contributed by atoms with Crippen molar-refractivity contribution in [2.24, 2.45) is 0 Å². The van der Waals surface area contributed by atoms with Crippen LogP contribution in [-0.4, -0.2) is 35.2 Å². The molecule has 0 saturated heterocycles. The van der Waals surface area contributed by atoms with Gasteiger partial charge in [0, 0.05) is 0 Å². The number of aliphatic hydroxyl groups excluding tert-OH is 1. The van der Waals surface area contributed by atoms with Crippen molar-refractivity contribution in [2.75, 3.05) is 6.61 Å². The summed E-state index contributed by atoms with van der Waals surface area (Å²) in [6, 6.07) is 0. The van der Waals surface area contributed by atoms with Crippen molar-refractivity contribution in [1.29, 1.82) is 0 Å². The van der Waals surface area contributed by atoms with E-state index in [0.29, 0.717) is 0 Å². The molecule has 0 atom stereocenters. The van der Waals surface area contributed by atoms with Crippen LogP contribution in [0.1, 0.15) is 0 Å². The van der Waals surface area contributed by atoms with Crippen LogP contribution in [0.4, 0.5) is 0 Å². The smallest absolute Gasteiger partial charge is 0.215 e. The summed E-state index contributed by atoms with van der Waals surface area (Å²) in [4.78, 5) is 9.01. The third-order valence-corrected chi connectivity index (χ3v) is 0.129. The highest BCUT2D eigenvalue weighted by atomic mass is 32.3. The van der Waals surface area contributed by atoms with E-state index in [1.165, 1.54) is 0 Å². The number of carboxylic acids is 1. The average molecular weight is 208 g/mol. The van der Waals surface area contributed by atoms with Crippen LogP contribution in [0.25, 0.3) is 0 Å². The number of aliphatic carboxylic acids is 1. The van der Waals surface area contributed by atoms with Crippen LogP contribution in [0.2, 0.25) is 0 Å². The van der Waals surface area contributed by atoms with E-state index in [-0.39, 0.29) is 12.3 Å². The topological polar surface area (TPSA) is 211 Å².